The largest absolute Gasteiger partial charge is 0.379 e. The van der Waals surface area contributed by atoms with E-state index in [4.69, 9.17) is 4.74 Å². The first-order valence-electron chi connectivity index (χ1n) is 12.6. The van der Waals surface area contributed by atoms with Crippen LogP contribution in [-0.4, -0.2) is 79.5 Å². The maximum absolute atomic E-state index is 12.2. The van der Waals surface area contributed by atoms with Crippen molar-refractivity contribution in [2.24, 2.45) is 9.98 Å². The summed E-state index contributed by atoms with van der Waals surface area (Å²) in [6, 6.07) is 16.6. The highest BCUT2D eigenvalue weighted by molar-refractivity contribution is 6.66. The average Bonchev–Trinajstić information content (AvgIpc) is 2.88. The second-order valence-electron chi connectivity index (χ2n) is 9.47. The predicted octanol–water partition coefficient (Wildman–Crippen LogP) is 2.68. The van der Waals surface area contributed by atoms with Gasteiger partial charge in [-0.15, -0.1) is 0 Å². The lowest BCUT2D eigenvalue weighted by Gasteiger charge is -2.34. The van der Waals surface area contributed by atoms with Crippen LogP contribution in [0.25, 0.3) is 0 Å². The van der Waals surface area contributed by atoms with Crippen LogP contribution >= 0.6 is 0 Å². The third-order valence-corrected chi connectivity index (χ3v) is 6.91. The number of rotatable bonds is 7. The highest BCUT2D eigenvalue weighted by Crippen LogP contribution is 2.25. The zero-order valence-corrected chi connectivity index (χ0v) is 20.4. The number of hydrogen-bond acceptors (Lipinski definition) is 6. The Bertz CT molecular complexity index is 1210. The van der Waals surface area contributed by atoms with Gasteiger partial charge in [-0.3, -0.25) is 14.5 Å². The molecule has 5 rings (SSSR count). The van der Waals surface area contributed by atoms with Crippen LogP contribution in [0, 0.1) is 11.8 Å². The number of morpholine rings is 1. The number of carbonyl (C=O) groups is 2. The lowest BCUT2D eigenvalue weighted by molar-refractivity contribution is -0.132. The lowest BCUT2D eigenvalue weighted by atomic mass is 9.90. The fraction of sp³-hybridized carbons (Fsp3) is 0.379. The Labute approximate surface area is 211 Å². The first-order valence-corrected chi connectivity index (χ1v) is 12.6. The molecule has 1 atom stereocenters. The van der Waals surface area contributed by atoms with E-state index in [2.05, 4.69) is 68.0 Å². The monoisotopic (exact) mass is 482 g/mol. The highest BCUT2D eigenvalue weighted by atomic mass is 16.5. The first-order chi connectivity index (χ1) is 17.6. The van der Waals surface area contributed by atoms with Crippen molar-refractivity contribution in [2.75, 3.05) is 45.9 Å². The lowest BCUT2D eigenvalue weighted by Crippen LogP contribution is -2.41. The fourth-order valence-corrected chi connectivity index (χ4v) is 4.63. The second-order valence-corrected chi connectivity index (χ2v) is 9.47. The van der Waals surface area contributed by atoms with Gasteiger partial charge in [0.25, 0.3) is 5.78 Å². The van der Waals surface area contributed by atoms with E-state index in [-0.39, 0.29) is 5.92 Å². The molecule has 0 aromatic heterocycles. The summed E-state index contributed by atoms with van der Waals surface area (Å²) < 4.78 is 5.42. The molecular weight excluding hydrogens is 452 g/mol. The van der Waals surface area contributed by atoms with Gasteiger partial charge in [0.2, 0.25) is 0 Å². The van der Waals surface area contributed by atoms with E-state index in [1.807, 2.05) is 12.1 Å². The highest BCUT2D eigenvalue weighted by Gasteiger charge is 2.28. The summed E-state index contributed by atoms with van der Waals surface area (Å²) in [5.41, 5.74) is 4.62. The predicted molar refractivity (Wildman–Crippen MR) is 139 cm³/mol. The number of amides is 1. The molecule has 3 heterocycles. The Morgan fingerprint density at radius 1 is 0.861 bits per heavy atom. The van der Waals surface area contributed by atoms with Crippen LogP contribution in [0.3, 0.4) is 0 Å². The second kappa shape index (κ2) is 11.5. The minimum absolute atomic E-state index is 0.0771. The van der Waals surface area contributed by atoms with Crippen molar-refractivity contribution in [3.8, 4) is 11.8 Å². The van der Waals surface area contributed by atoms with Gasteiger partial charge in [0.1, 0.15) is 6.34 Å². The van der Waals surface area contributed by atoms with Crippen LogP contribution in [0.15, 0.2) is 58.5 Å². The third kappa shape index (κ3) is 6.21. The molecule has 0 bridgehead atoms. The molecule has 7 nitrogen and oxygen atoms in total. The van der Waals surface area contributed by atoms with Crippen molar-refractivity contribution in [3.63, 3.8) is 0 Å². The maximum Gasteiger partial charge on any atom is 0.320 e. The molecule has 0 radical (unpaired) electrons. The van der Waals surface area contributed by atoms with Crippen LogP contribution < -0.4 is 0 Å². The van der Waals surface area contributed by atoms with Gasteiger partial charge in [-0.05, 0) is 54.9 Å². The number of Topliss-reactive ketones (excluding diaryl/α,β-unsaturated/α-hetero) is 1. The Hall–Kier alpha value is -3.44. The van der Waals surface area contributed by atoms with Gasteiger partial charge >= 0.3 is 5.91 Å². The van der Waals surface area contributed by atoms with Crippen molar-refractivity contribution < 1.29 is 14.3 Å². The van der Waals surface area contributed by atoms with Gasteiger partial charge in [0, 0.05) is 49.6 Å². The molecule has 3 aliphatic heterocycles. The molecule has 0 aliphatic carbocycles. The number of ether oxygens (including phenoxy) is 1. The number of hydrogen-bond donors (Lipinski definition) is 0. The van der Waals surface area contributed by atoms with Crippen LogP contribution in [0.1, 0.15) is 41.0 Å². The summed E-state index contributed by atoms with van der Waals surface area (Å²) in [6.07, 6.45) is 2.81. The van der Waals surface area contributed by atoms with E-state index in [1.165, 1.54) is 18.3 Å². The molecule has 2 aromatic carbocycles. The first kappa shape index (κ1) is 24.3. The van der Waals surface area contributed by atoms with Gasteiger partial charge in [-0.25, -0.2) is 4.99 Å². The molecular formula is C29H30N4O3. The Balaban J connectivity index is 1.24. The summed E-state index contributed by atoms with van der Waals surface area (Å²) in [4.78, 5) is 36.3. The minimum Gasteiger partial charge on any atom is -0.379 e. The Kier molecular flexibility index (Phi) is 7.77. The summed E-state index contributed by atoms with van der Waals surface area (Å²) in [5, 5.41) is 0. The van der Waals surface area contributed by atoms with E-state index < -0.39 is 11.7 Å². The molecule has 0 N–H and O–H groups in total. The van der Waals surface area contributed by atoms with Crippen molar-refractivity contribution in [1.29, 1.82) is 0 Å². The Morgan fingerprint density at radius 2 is 1.53 bits per heavy atom. The quantitative estimate of drug-likeness (QED) is 0.448. The molecule has 1 amide bonds. The van der Waals surface area contributed by atoms with Gasteiger partial charge < -0.3 is 9.64 Å². The van der Waals surface area contributed by atoms with E-state index in [0.29, 0.717) is 12.1 Å². The molecule has 7 heteroatoms. The normalized spacial score (nSPS) is 19.3. The van der Waals surface area contributed by atoms with Gasteiger partial charge in [0.05, 0.1) is 18.9 Å². The minimum atomic E-state index is -0.734. The molecule has 3 aliphatic rings. The molecule has 36 heavy (non-hydrogen) atoms. The molecule has 2 fully saturated rings. The van der Waals surface area contributed by atoms with Crippen molar-refractivity contribution in [3.05, 3.63) is 70.8 Å². The van der Waals surface area contributed by atoms with E-state index in [9.17, 15) is 9.59 Å². The van der Waals surface area contributed by atoms with Crippen LogP contribution in [-0.2, 0) is 20.9 Å². The number of benzene rings is 2. The van der Waals surface area contributed by atoms with Crippen molar-refractivity contribution in [2.45, 2.75) is 25.3 Å². The standard InChI is InChI=1S/C29H30N4O3/c34-28-27(30-21-31-29(28)35)18-26(20-32-12-1-13-32)25-10-8-23(9-11-25)3-2-22-4-6-24(7-5-22)19-33-14-16-36-17-15-33/h4-11,21,26H,1,12-20H2. The average molecular weight is 483 g/mol. The number of carbonyl (C=O) groups excluding carboxylic acids is 2. The number of ketones is 1. The molecule has 2 saturated heterocycles. The summed E-state index contributed by atoms with van der Waals surface area (Å²) >= 11 is 0. The third-order valence-electron chi connectivity index (χ3n) is 6.91. The zero-order chi connectivity index (χ0) is 24.7. The van der Waals surface area contributed by atoms with Crippen LogP contribution in [0.4, 0.5) is 0 Å². The van der Waals surface area contributed by atoms with Crippen molar-refractivity contribution >= 4 is 23.7 Å². The summed E-state index contributed by atoms with van der Waals surface area (Å²) in [7, 11) is 0. The molecule has 2 aromatic rings. The van der Waals surface area contributed by atoms with E-state index in [0.717, 1.165) is 69.2 Å². The maximum atomic E-state index is 12.2. The van der Waals surface area contributed by atoms with Gasteiger partial charge in [-0.1, -0.05) is 36.1 Å². The Morgan fingerprint density at radius 3 is 2.17 bits per heavy atom. The fourth-order valence-electron chi connectivity index (χ4n) is 4.63. The van der Waals surface area contributed by atoms with Gasteiger partial charge in [0.15, 0.2) is 0 Å². The number of nitrogens with zero attached hydrogens (tertiary/aromatic N) is 4. The van der Waals surface area contributed by atoms with Crippen LogP contribution in [0.5, 0.6) is 0 Å². The van der Waals surface area contributed by atoms with E-state index >= 15 is 0 Å². The molecule has 0 spiro atoms. The van der Waals surface area contributed by atoms with Gasteiger partial charge in [-0.2, -0.15) is 4.99 Å². The number of aliphatic imine (C=N–C) groups is 2. The SMILES string of the molecule is O=C1N=CN=C(CC(CN2CCC2)c2ccc(C#Cc3ccc(CN4CCOCC4)cc3)cc2)C1=O. The molecule has 184 valence electrons. The molecule has 0 saturated carbocycles. The number of likely N-dealkylation sites (tertiary alicyclic amines) is 1. The van der Waals surface area contributed by atoms with Crippen molar-refractivity contribution in [1.82, 2.24) is 9.80 Å². The molecule has 1 unspecified atom stereocenters. The van der Waals surface area contributed by atoms with E-state index in [1.54, 1.807) is 0 Å². The zero-order valence-electron chi connectivity index (χ0n) is 20.4. The summed E-state index contributed by atoms with van der Waals surface area (Å²) in [5.74, 6) is 5.27. The topological polar surface area (TPSA) is 74.6 Å². The van der Waals surface area contributed by atoms with Crippen LogP contribution in [0.2, 0.25) is 0 Å². The smallest absolute Gasteiger partial charge is 0.320 e. The summed E-state index contributed by atoms with van der Waals surface area (Å²) in [6.45, 7) is 7.47.